The molecule has 0 aromatic rings. The van der Waals surface area contributed by atoms with Gasteiger partial charge in [0.15, 0.2) is 0 Å². The average Bonchev–Trinajstić information content (AvgIpc) is 3.19. The van der Waals surface area contributed by atoms with E-state index in [0.29, 0.717) is 5.54 Å². The summed E-state index contributed by atoms with van der Waals surface area (Å²) in [5.41, 5.74) is 2.25. The van der Waals surface area contributed by atoms with E-state index in [4.69, 9.17) is 0 Å². The van der Waals surface area contributed by atoms with Gasteiger partial charge in [-0.05, 0) is 63.8 Å². The molecule has 0 spiro atoms. The van der Waals surface area contributed by atoms with Crippen molar-refractivity contribution in [2.75, 3.05) is 6.54 Å². The van der Waals surface area contributed by atoms with Gasteiger partial charge >= 0.3 is 0 Å². The summed E-state index contributed by atoms with van der Waals surface area (Å²) in [7, 11) is 0. The van der Waals surface area contributed by atoms with Gasteiger partial charge in [0, 0.05) is 5.54 Å². The molecule has 0 bridgehead atoms. The fourth-order valence-corrected chi connectivity index (χ4v) is 3.99. The summed E-state index contributed by atoms with van der Waals surface area (Å²) in [5.74, 6) is 0.977. The number of hydrogen-bond acceptors (Lipinski definition) is 1. The van der Waals surface area contributed by atoms with Crippen LogP contribution < -0.4 is 5.32 Å². The third-order valence-corrected chi connectivity index (χ3v) is 5.08. The molecule has 17 heavy (non-hydrogen) atoms. The molecule has 0 radical (unpaired) electrons. The first-order valence-electron chi connectivity index (χ1n) is 7.86. The lowest BCUT2D eigenvalue weighted by Crippen LogP contribution is -2.48. The predicted octanol–water partition coefficient (Wildman–Crippen LogP) is 4.19. The Morgan fingerprint density at radius 3 is 2.76 bits per heavy atom. The lowest BCUT2D eigenvalue weighted by molar-refractivity contribution is 0.317. The molecule has 3 aliphatic rings. The maximum absolute atomic E-state index is 3.99. The van der Waals surface area contributed by atoms with E-state index in [1.807, 2.05) is 0 Å². The molecule has 0 aromatic heterocycles. The van der Waals surface area contributed by atoms with Gasteiger partial charge in [-0.25, -0.2) is 0 Å². The van der Waals surface area contributed by atoms with Gasteiger partial charge in [-0.2, -0.15) is 0 Å². The molecule has 1 unspecified atom stereocenters. The average molecular weight is 233 g/mol. The lowest BCUT2D eigenvalue weighted by atomic mass is 9.78. The first-order chi connectivity index (χ1) is 8.42. The van der Waals surface area contributed by atoms with Gasteiger partial charge < -0.3 is 5.32 Å². The Bertz CT molecular complexity index is 280. The third kappa shape index (κ3) is 2.45. The van der Waals surface area contributed by atoms with Crippen molar-refractivity contribution < 1.29 is 0 Å². The number of hydrogen-bond donors (Lipinski definition) is 1. The normalized spacial score (nSPS) is 35.9. The molecular weight excluding hydrogens is 206 g/mol. The highest BCUT2D eigenvalue weighted by Crippen LogP contribution is 2.48. The Morgan fingerprint density at radius 2 is 1.88 bits per heavy atom. The molecule has 1 saturated heterocycles. The Morgan fingerprint density at radius 1 is 1.00 bits per heavy atom. The fraction of sp³-hybridized carbons (Fsp3) is 0.875. The maximum atomic E-state index is 3.99. The van der Waals surface area contributed by atoms with Crippen molar-refractivity contribution in [3.05, 3.63) is 11.6 Å². The lowest BCUT2D eigenvalue weighted by Gasteiger charge is -2.37. The third-order valence-electron chi connectivity index (χ3n) is 5.08. The Hall–Kier alpha value is -0.300. The van der Waals surface area contributed by atoms with Gasteiger partial charge in [0.05, 0.1) is 0 Å². The molecule has 2 fully saturated rings. The molecular formula is C16H27N. The Kier molecular flexibility index (Phi) is 3.56. The van der Waals surface area contributed by atoms with Gasteiger partial charge in [0.2, 0.25) is 0 Å². The predicted molar refractivity (Wildman–Crippen MR) is 73.1 cm³/mol. The van der Waals surface area contributed by atoms with Gasteiger partial charge in [-0.15, -0.1) is 0 Å². The van der Waals surface area contributed by atoms with Crippen molar-refractivity contribution in [1.82, 2.24) is 5.32 Å². The molecule has 1 aliphatic heterocycles. The SMILES string of the molecule is C1=C(C2(C3CC3)CCCCCN2)CCCCC1. The maximum Gasteiger partial charge on any atom is 0.0422 e. The zero-order valence-corrected chi connectivity index (χ0v) is 11.1. The van der Waals surface area contributed by atoms with E-state index in [2.05, 4.69) is 11.4 Å². The largest absolute Gasteiger partial charge is 0.307 e. The summed E-state index contributed by atoms with van der Waals surface area (Å²) < 4.78 is 0. The molecule has 1 atom stereocenters. The molecule has 1 N–H and O–H groups in total. The van der Waals surface area contributed by atoms with Crippen molar-refractivity contribution in [2.24, 2.45) is 5.92 Å². The molecule has 1 heterocycles. The minimum absolute atomic E-state index is 0.445. The van der Waals surface area contributed by atoms with E-state index < -0.39 is 0 Å². The van der Waals surface area contributed by atoms with E-state index in [1.165, 1.54) is 77.2 Å². The Balaban J connectivity index is 1.83. The van der Waals surface area contributed by atoms with Gasteiger partial charge in [0.25, 0.3) is 0 Å². The zero-order valence-electron chi connectivity index (χ0n) is 11.1. The highest BCUT2D eigenvalue weighted by atomic mass is 15.0. The molecule has 1 saturated carbocycles. The second-order valence-corrected chi connectivity index (χ2v) is 6.31. The van der Waals surface area contributed by atoms with Gasteiger partial charge in [0.1, 0.15) is 0 Å². The summed E-state index contributed by atoms with van der Waals surface area (Å²) in [6.45, 7) is 1.26. The second kappa shape index (κ2) is 5.14. The van der Waals surface area contributed by atoms with Crippen LogP contribution >= 0.6 is 0 Å². The van der Waals surface area contributed by atoms with E-state index >= 15 is 0 Å². The van der Waals surface area contributed by atoms with Crippen LogP contribution in [-0.2, 0) is 0 Å². The Labute approximate surface area is 106 Å². The van der Waals surface area contributed by atoms with Crippen LogP contribution in [0.4, 0.5) is 0 Å². The van der Waals surface area contributed by atoms with E-state index in [9.17, 15) is 0 Å². The van der Waals surface area contributed by atoms with Gasteiger partial charge in [-0.3, -0.25) is 0 Å². The van der Waals surface area contributed by atoms with Crippen molar-refractivity contribution in [3.8, 4) is 0 Å². The summed E-state index contributed by atoms with van der Waals surface area (Å²) >= 11 is 0. The van der Waals surface area contributed by atoms with Crippen LogP contribution in [0.15, 0.2) is 11.6 Å². The molecule has 0 aromatic carbocycles. The summed E-state index contributed by atoms with van der Waals surface area (Å²) in [5, 5.41) is 3.99. The van der Waals surface area contributed by atoms with Crippen LogP contribution in [0.1, 0.15) is 70.6 Å². The van der Waals surface area contributed by atoms with Crippen LogP contribution in [-0.4, -0.2) is 12.1 Å². The van der Waals surface area contributed by atoms with Crippen LogP contribution in [0.2, 0.25) is 0 Å². The zero-order chi connectivity index (χ0) is 11.6. The summed E-state index contributed by atoms with van der Waals surface area (Å²) in [6.07, 6.45) is 18.3. The van der Waals surface area contributed by atoms with E-state index in [1.54, 1.807) is 5.57 Å². The monoisotopic (exact) mass is 233 g/mol. The second-order valence-electron chi connectivity index (χ2n) is 6.31. The summed E-state index contributed by atoms with van der Waals surface area (Å²) in [6, 6.07) is 0. The number of rotatable bonds is 2. The minimum atomic E-state index is 0.445. The molecule has 0 amide bonds. The van der Waals surface area contributed by atoms with Crippen molar-refractivity contribution in [3.63, 3.8) is 0 Å². The van der Waals surface area contributed by atoms with E-state index in [-0.39, 0.29) is 0 Å². The first-order valence-corrected chi connectivity index (χ1v) is 7.86. The first kappa shape index (κ1) is 11.8. The van der Waals surface area contributed by atoms with Gasteiger partial charge in [-0.1, -0.05) is 30.9 Å². The van der Waals surface area contributed by atoms with Crippen molar-refractivity contribution >= 4 is 0 Å². The minimum Gasteiger partial charge on any atom is -0.307 e. The van der Waals surface area contributed by atoms with Crippen LogP contribution in [0.5, 0.6) is 0 Å². The standard InChI is InChI=1S/C16H27N/c1-2-5-9-14(8-4-1)16(15-10-11-15)12-6-3-7-13-17-16/h8,15,17H,1-7,9-13H2. The quantitative estimate of drug-likeness (QED) is 0.705. The molecule has 2 aliphatic carbocycles. The highest BCUT2D eigenvalue weighted by molar-refractivity contribution is 5.26. The number of allylic oxidation sites excluding steroid dienone is 1. The number of nitrogens with one attached hydrogen (secondary N) is 1. The molecule has 3 rings (SSSR count). The molecule has 96 valence electrons. The van der Waals surface area contributed by atoms with Crippen LogP contribution in [0, 0.1) is 5.92 Å². The van der Waals surface area contributed by atoms with Crippen LogP contribution in [0.3, 0.4) is 0 Å². The van der Waals surface area contributed by atoms with Crippen LogP contribution in [0.25, 0.3) is 0 Å². The fourth-order valence-electron chi connectivity index (χ4n) is 3.99. The smallest absolute Gasteiger partial charge is 0.0422 e. The van der Waals surface area contributed by atoms with E-state index in [0.717, 1.165) is 5.92 Å². The topological polar surface area (TPSA) is 12.0 Å². The molecule has 1 heteroatoms. The summed E-state index contributed by atoms with van der Waals surface area (Å²) in [4.78, 5) is 0. The molecule has 1 nitrogen and oxygen atoms in total. The highest BCUT2D eigenvalue weighted by Gasteiger charge is 2.46. The van der Waals surface area contributed by atoms with Crippen molar-refractivity contribution in [1.29, 1.82) is 0 Å². The van der Waals surface area contributed by atoms with Crippen molar-refractivity contribution in [2.45, 2.75) is 76.2 Å².